The minimum Gasteiger partial charge on any atom is -0.382 e. The van der Waals surface area contributed by atoms with Gasteiger partial charge in [-0.3, -0.25) is 0 Å². The van der Waals surface area contributed by atoms with Crippen molar-refractivity contribution >= 4 is 10.1 Å². The lowest BCUT2D eigenvalue weighted by atomic mass is 10.0. The van der Waals surface area contributed by atoms with Gasteiger partial charge in [0.2, 0.25) is 0 Å². The first-order chi connectivity index (χ1) is 11.7. The van der Waals surface area contributed by atoms with Crippen molar-refractivity contribution in [3.8, 4) is 16.9 Å². The molecule has 7 heteroatoms. The number of hydrogen-bond acceptors (Lipinski definition) is 3. The Morgan fingerprint density at radius 3 is 2.24 bits per heavy atom. The number of benzene rings is 2. The van der Waals surface area contributed by atoms with Crippen molar-refractivity contribution in [3.05, 3.63) is 54.1 Å². The highest BCUT2D eigenvalue weighted by molar-refractivity contribution is 7.87. The van der Waals surface area contributed by atoms with Gasteiger partial charge in [-0.1, -0.05) is 44.0 Å². The number of hydrogen-bond donors (Lipinski definition) is 0. The summed E-state index contributed by atoms with van der Waals surface area (Å²) in [6.45, 7) is 1.97. The van der Waals surface area contributed by atoms with E-state index < -0.39 is 21.9 Å². The summed E-state index contributed by atoms with van der Waals surface area (Å²) in [6, 6.07) is 11.0. The summed E-state index contributed by atoms with van der Waals surface area (Å²) in [4.78, 5) is 0. The van der Waals surface area contributed by atoms with Gasteiger partial charge in [0, 0.05) is 0 Å². The molecule has 0 aliphatic rings. The Morgan fingerprint density at radius 2 is 1.64 bits per heavy atom. The van der Waals surface area contributed by atoms with Crippen LogP contribution in [0.5, 0.6) is 5.75 Å². The third-order valence-corrected chi connectivity index (χ3v) is 4.84. The van der Waals surface area contributed by atoms with E-state index in [2.05, 4.69) is 0 Å². The van der Waals surface area contributed by atoms with Gasteiger partial charge < -0.3 is 4.18 Å². The van der Waals surface area contributed by atoms with Gasteiger partial charge in [-0.15, -0.1) is 0 Å². The molecule has 0 atom stereocenters. The Kier molecular flexibility index (Phi) is 6.11. The predicted octanol–water partition coefficient (Wildman–Crippen LogP) is 5.27. The van der Waals surface area contributed by atoms with Gasteiger partial charge in [0.25, 0.3) is 0 Å². The summed E-state index contributed by atoms with van der Waals surface area (Å²) in [5, 5.41) is 0. The van der Waals surface area contributed by atoms with Gasteiger partial charge in [0.1, 0.15) is 5.75 Å². The molecular formula is C18H19F3O3S. The average Bonchev–Trinajstić information content (AvgIpc) is 2.54. The molecule has 0 bridgehead atoms. The average molecular weight is 372 g/mol. The molecule has 2 aromatic rings. The Bertz CT molecular complexity index is 797. The van der Waals surface area contributed by atoms with Crippen LogP contribution in [0.3, 0.4) is 0 Å². The Balaban J connectivity index is 2.16. The number of unbranched alkanes of at least 4 members (excludes halogenated alkanes) is 2. The maximum absolute atomic E-state index is 12.6. The van der Waals surface area contributed by atoms with E-state index in [4.69, 9.17) is 4.18 Å². The van der Waals surface area contributed by atoms with Gasteiger partial charge in [-0.2, -0.15) is 21.6 Å². The molecule has 0 fully saturated rings. The normalized spacial score (nSPS) is 12.2. The molecule has 25 heavy (non-hydrogen) atoms. The van der Waals surface area contributed by atoms with E-state index in [1.807, 2.05) is 6.92 Å². The minimum absolute atomic E-state index is 0.0641. The standard InChI is InChI=1S/C18H19F3O3S/c1-2-3-4-12-25(22,23)24-17-7-5-6-15(13-17)14-8-10-16(11-9-14)18(19,20)21/h5-11,13H,2-4,12H2,1H3. The summed E-state index contributed by atoms with van der Waals surface area (Å²) in [6.07, 6.45) is -2.17. The Morgan fingerprint density at radius 1 is 0.960 bits per heavy atom. The van der Waals surface area contributed by atoms with Gasteiger partial charge in [0.15, 0.2) is 0 Å². The molecule has 0 N–H and O–H groups in total. The van der Waals surface area contributed by atoms with Crippen LogP contribution in [0.4, 0.5) is 13.2 Å². The highest BCUT2D eigenvalue weighted by Gasteiger charge is 2.29. The lowest BCUT2D eigenvalue weighted by Crippen LogP contribution is -2.13. The number of alkyl halides is 3. The van der Waals surface area contributed by atoms with Crippen LogP contribution >= 0.6 is 0 Å². The van der Waals surface area contributed by atoms with Crippen molar-refractivity contribution in [2.75, 3.05) is 5.75 Å². The van der Waals surface area contributed by atoms with E-state index in [0.29, 0.717) is 17.5 Å². The van der Waals surface area contributed by atoms with Crippen molar-refractivity contribution in [2.45, 2.75) is 32.4 Å². The second kappa shape index (κ2) is 7.91. The van der Waals surface area contributed by atoms with Crippen LogP contribution in [0.1, 0.15) is 31.7 Å². The van der Waals surface area contributed by atoms with Crippen molar-refractivity contribution in [1.29, 1.82) is 0 Å². The molecule has 0 heterocycles. The maximum Gasteiger partial charge on any atom is 0.416 e. The molecule has 0 amide bonds. The molecule has 3 nitrogen and oxygen atoms in total. The first kappa shape index (κ1) is 19.3. The van der Waals surface area contributed by atoms with Gasteiger partial charge in [-0.05, 0) is 41.8 Å². The molecule has 0 aliphatic carbocycles. The summed E-state index contributed by atoms with van der Waals surface area (Å²) in [7, 11) is -3.68. The molecule has 0 radical (unpaired) electrons. The molecular weight excluding hydrogens is 353 g/mol. The summed E-state index contributed by atoms with van der Waals surface area (Å²) in [5.41, 5.74) is 0.388. The Hall–Kier alpha value is -2.02. The van der Waals surface area contributed by atoms with Crippen LogP contribution in [-0.2, 0) is 16.3 Å². The first-order valence-electron chi connectivity index (χ1n) is 7.91. The predicted molar refractivity (Wildman–Crippen MR) is 90.8 cm³/mol. The van der Waals surface area contributed by atoms with E-state index >= 15 is 0 Å². The fraction of sp³-hybridized carbons (Fsp3) is 0.333. The molecule has 0 unspecified atom stereocenters. The first-order valence-corrected chi connectivity index (χ1v) is 9.49. The third-order valence-electron chi connectivity index (χ3n) is 3.60. The van der Waals surface area contributed by atoms with Crippen molar-refractivity contribution in [2.24, 2.45) is 0 Å². The number of halogens is 3. The quantitative estimate of drug-likeness (QED) is 0.491. The zero-order chi connectivity index (χ0) is 18.5. The molecule has 136 valence electrons. The van der Waals surface area contributed by atoms with E-state index in [1.54, 1.807) is 12.1 Å². The van der Waals surface area contributed by atoms with Crippen LogP contribution < -0.4 is 4.18 Å². The smallest absolute Gasteiger partial charge is 0.382 e. The molecule has 0 saturated heterocycles. The van der Waals surface area contributed by atoms with Crippen LogP contribution in [0.2, 0.25) is 0 Å². The molecule has 2 rings (SSSR count). The van der Waals surface area contributed by atoms with E-state index in [1.165, 1.54) is 24.3 Å². The third kappa shape index (κ3) is 5.77. The molecule has 0 spiro atoms. The van der Waals surface area contributed by atoms with Crippen molar-refractivity contribution in [1.82, 2.24) is 0 Å². The zero-order valence-electron chi connectivity index (χ0n) is 13.7. The molecule has 0 saturated carbocycles. The molecule has 2 aromatic carbocycles. The monoisotopic (exact) mass is 372 g/mol. The minimum atomic E-state index is -4.39. The van der Waals surface area contributed by atoms with Gasteiger partial charge in [0.05, 0.1) is 11.3 Å². The van der Waals surface area contributed by atoms with Crippen LogP contribution in [0.15, 0.2) is 48.5 Å². The van der Waals surface area contributed by atoms with Gasteiger partial charge >= 0.3 is 16.3 Å². The zero-order valence-corrected chi connectivity index (χ0v) is 14.5. The van der Waals surface area contributed by atoms with Crippen molar-refractivity contribution in [3.63, 3.8) is 0 Å². The summed E-state index contributed by atoms with van der Waals surface area (Å²) < 4.78 is 66.8. The SMILES string of the molecule is CCCCCS(=O)(=O)Oc1cccc(-c2ccc(C(F)(F)F)cc2)c1. The topological polar surface area (TPSA) is 43.4 Å². The highest BCUT2D eigenvalue weighted by atomic mass is 32.2. The van der Waals surface area contributed by atoms with Crippen LogP contribution in [0.25, 0.3) is 11.1 Å². The largest absolute Gasteiger partial charge is 0.416 e. The fourth-order valence-electron chi connectivity index (χ4n) is 2.30. The summed E-state index contributed by atoms with van der Waals surface area (Å²) >= 11 is 0. The van der Waals surface area contributed by atoms with Gasteiger partial charge in [-0.25, -0.2) is 0 Å². The lowest BCUT2D eigenvalue weighted by Gasteiger charge is -2.10. The van der Waals surface area contributed by atoms with Crippen LogP contribution in [0, 0.1) is 0 Å². The van der Waals surface area contributed by atoms with E-state index in [0.717, 1.165) is 25.0 Å². The second-order valence-electron chi connectivity index (χ2n) is 5.66. The van der Waals surface area contributed by atoms with E-state index in [9.17, 15) is 21.6 Å². The summed E-state index contributed by atoms with van der Waals surface area (Å²) in [5.74, 6) is 0.0830. The second-order valence-corrected chi connectivity index (χ2v) is 7.35. The fourth-order valence-corrected chi connectivity index (χ4v) is 3.33. The molecule has 0 aliphatic heterocycles. The maximum atomic E-state index is 12.6. The Labute approximate surface area is 145 Å². The number of rotatable bonds is 7. The van der Waals surface area contributed by atoms with E-state index in [-0.39, 0.29) is 11.5 Å². The highest BCUT2D eigenvalue weighted by Crippen LogP contribution is 2.31. The molecule has 0 aromatic heterocycles. The van der Waals surface area contributed by atoms with Crippen LogP contribution in [-0.4, -0.2) is 14.2 Å². The lowest BCUT2D eigenvalue weighted by molar-refractivity contribution is -0.137. The van der Waals surface area contributed by atoms with Crippen molar-refractivity contribution < 1.29 is 25.8 Å².